The van der Waals surface area contributed by atoms with Gasteiger partial charge in [-0.2, -0.15) is 0 Å². The Bertz CT molecular complexity index is 578. The molecule has 2 aromatic rings. The van der Waals surface area contributed by atoms with Gasteiger partial charge in [-0.1, -0.05) is 0 Å². The molecule has 0 aromatic carbocycles. The van der Waals surface area contributed by atoms with Crippen LogP contribution in [0.3, 0.4) is 0 Å². The molecule has 7 nitrogen and oxygen atoms in total. The summed E-state index contributed by atoms with van der Waals surface area (Å²) in [6, 6.07) is 1.18. The number of carbonyl (C=O) groups is 1. The predicted octanol–water partition coefficient (Wildman–Crippen LogP) is -4.60. The average Bonchev–Trinajstić information content (AvgIpc) is 2.59. The maximum Gasteiger partial charge on any atom is 1.00 e. The van der Waals surface area contributed by atoms with Crippen molar-refractivity contribution in [2.75, 3.05) is 0 Å². The Labute approximate surface area is 142 Å². The third-order valence-electron chi connectivity index (χ3n) is 1.96. The minimum absolute atomic E-state index is 0. The Hall–Kier alpha value is -0.440. The van der Waals surface area contributed by atoms with Crippen molar-refractivity contribution in [1.29, 1.82) is 0 Å². The van der Waals surface area contributed by atoms with Crippen LogP contribution < -0.4 is 59.1 Å². The van der Waals surface area contributed by atoms with Crippen LogP contribution in [0.5, 0.6) is 0 Å². The van der Waals surface area contributed by atoms with Crippen molar-refractivity contribution >= 4 is 22.7 Å². The van der Waals surface area contributed by atoms with Crippen LogP contribution in [0, 0.1) is 10.1 Å². The summed E-state index contributed by atoms with van der Waals surface area (Å²) in [4.78, 5) is 26.9. The third-order valence-corrected chi connectivity index (χ3v) is 1.96. The Balaban J connectivity index is -0.000000640. The van der Waals surface area contributed by atoms with Crippen LogP contribution in [0.25, 0.3) is 11.0 Å². The summed E-state index contributed by atoms with van der Waals surface area (Å²) in [7, 11) is 0. The second-order valence-corrected chi connectivity index (χ2v) is 2.85. The Kier molecular flexibility index (Phi) is 6.31. The molecule has 0 aliphatic carbocycles. The second-order valence-electron chi connectivity index (χ2n) is 2.85. The van der Waals surface area contributed by atoms with Gasteiger partial charge in [-0.05, 0) is 0 Å². The van der Waals surface area contributed by atoms with Gasteiger partial charge in [0.25, 0.3) is 5.69 Å². The zero-order valence-corrected chi connectivity index (χ0v) is 13.3. The van der Waals surface area contributed by atoms with Gasteiger partial charge in [0.15, 0.2) is 0 Å². The molecule has 2 heterocycles. The number of nitrogens with one attached hydrogen (secondary N) is 1. The summed E-state index contributed by atoms with van der Waals surface area (Å²) in [5, 5.41) is 19.5. The minimum atomic E-state index is -1.15. The molecule has 0 aliphatic heterocycles. The van der Waals surface area contributed by atoms with Crippen molar-refractivity contribution < 1.29 is 76.8 Å². The van der Waals surface area contributed by atoms with Gasteiger partial charge in [0.05, 0.1) is 10.5 Å². The number of carboxylic acid groups (broad SMARTS) is 1. The molecule has 0 aliphatic rings. The van der Waals surface area contributed by atoms with Crippen LogP contribution in [0.1, 0.15) is 13.2 Å². The van der Waals surface area contributed by atoms with Crippen LogP contribution in [-0.4, -0.2) is 26.0 Å². The first-order valence-corrected chi connectivity index (χ1v) is 3.94. The molecule has 80 valence electrons. The van der Waals surface area contributed by atoms with E-state index >= 15 is 0 Å². The van der Waals surface area contributed by atoms with Crippen molar-refractivity contribution in [3.05, 3.63) is 34.1 Å². The third kappa shape index (κ3) is 3.27. The molecular weight excluding hydrogens is 248 g/mol. The van der Waals surface area contributed by atoms with Gasteiger partial charge in [-0.15, -0.1) is 0 Å². The van der Waals surface area contributed by atoms with Crippen LogP contribution in [-0.2, 0) is 0 Å². The number of aromatic nitrogens is 2. The summed E-state index contributed by atoms with van der Waals surface area (Å²) < 4.78 is 0. The number of fused-ring (bicyclic) bond motifs is 1. The van der Waals surface area contributed by atoms with E-state index < -0.39 is 10.9 Å². The standard InChI is InChI=1S/C8H5N3O4.2Na.2H/c12-8(13)6-3-10-7-5(6)1-4(2-9-7)11(14)15;;;;/h1-3H,(H,9,10)(H,12,13);;;;/q;2*+1;2*-1. The quantitative estimate of drug-likeness (QED) is 0.319. The summed E-state index contributed by atoms with van der Waals surface area (Å²) >= 11 is 0. The minimum Gasteiger partial charge on any atom is -1.00 e. The monoisotopic (exact) mass is 255 g/mol. The predicted molar refractivity (Wildman–Crippen MR) is 51.9 cm³/mol. The Morgan fingerprint density at radius 1 is 1.53 bits per heavy atom. The molecule has 17 heavy (non-hydrogen) atoms. The molecule has 2 N–H and O–H groups in total. The number of nitrogens with zero attached hydrogens (tertiary/aromatic N) is 2. The van der Waals surface area contributed by atoms with Crippen molar-refractivity contribution in [1.82, 2.24) is 9.97 Å². The zero-order chi connectivity index (χ0) is 11.0. The van der Waals surface area contributed by atoms with E-state index in [0.717, 1.165) is 6.20 Å². The molecule has 2 aromatic heterocycles. The van der Waals surface area contributed by atoms with Gasteiger partial charge in [0.2, 0.25) is 0 Å². The molecule has 0 fully saturated rings. The molecule has 0 saturated heterocycles. The fraction of sp³-hybridized carbons (Fsp3) is 0. The topological polar surface area (TPSA) is 109 Å². The van der Waals surface area contributed by atoms with Gasteiger partial charge in [-0.25, -0.2) is 9.78 Å². The van der Waals surface area contributed by atoms with Crippen LogP contribution in [0.4, 0.5) is 5.69 Å². The SMILES string of the molecule is O=C(O)c1c[nH]c2ncc([N+](=O)[O-])cc12.[H-].[H-].[Na+].[Na+]. The van der Waals surface area contributed by atoms with Gasteiger partial charge >= 0.3 is 65.1 Å². The van der Waals surface area contributed by atoms with E-state index in [1.165, 1.54) is 12.3 Å². The molecule has 0 saturated carbocycles. The number of H-pyrrole nitrogens is 1. The molecule has 9 heteroatoms. The number of pyridine rings is 1. The van der Waals surface area contributed by atoms with Crippen molar-refractivity contribution in [3.63, 3.8) is 0 Å². The van der Waals surface area contributed by atoms with Gasteiger partial charge < -0.3 is 12.9 Å². The molecular formula is C8H7N3Na2O4. The number of rotatable bonds is 2. The fourth-order valence-corrected chi connectivity index (χ4v) is 1.27. The van der Waals surface area contributed by atoms with Gasteiger partial charge in [-0.3, -0.25) is 10.1 Å². The first-order valence-electron chi connectivity index (χ1n) is 3.94. The van der Waals surface area contributed by atoms with Gasteiger partial charge in [0, 0.05) is 17.6 Å². The van der Waals surface area contributed by atoms with E-state index in [4.69, 9.17) is 5.11 Å². The van der Waals surface area contributed by atoms with E-state index in [0.29, 0.717) is 5.65 Å². The Morgan fingerprint density at radius 2 is 2.18 bits per heavy atom. The normalized spacial score (nSPS) is 9.18. The molecule has 0 atom stereocenters. The number of carboxylic acids is 1. The van der Waals surface area contributed by atoms with E-state index in [-0.39, 0.29) is 78.6 Å². The summed E-state index contributed by atoms with van der Waals surface area (Å²) in [6.45, 7) is 0. The average molecular weight is 255 g/mol. The first kappa shape index (κ1) is 16.6. The number of hydrogen-bond acceptors (Lipinski definition) is 4. The molecule has 0 bridgehead atoms. The second kappa shape index (κ2) is 6.48. The number of aromatic carboxylic acids is 1. The first-order chi connectivity index (χ1) is 7.09. The summed E-state index contributed by atoms with van der Waals surface area (Å²) in [5.74, 6) is -1.15. The van der Waals surface area contributed by atoms with Gasteiger partial charge in [0.1, 0.15) is 11.8 Å². The van der Waals surface area contributed by atoms with E-state index in [2.05, 4.69) is 9.97 Å². The Morgan fingerprint density at radius 3 is 2.71 bits per heavy atom. The van der Waals surface area contributed by atoms with Crippen LogP contribution in [0.2, 0.25) is 0 Å². The van der Waals surface area contributed by atoms with Crippen molar-refractivity contribution in [2.24, 2.45) is 0 Å². The number of nitro groups is 1. The summed E-state index contributed by atoms with van der Waals surface area (Å²) in [5.41, 5.74) is 0.0591. The van der Waals surface area contributed by atoms with Crippen molar-refractivity contribution in [2.45, 2.75) is 0 Å². The molecule has 0 unspecified atom stereocenters. The molecule has 0 amide bonds. The summed E-state index contributed by atoms with van der Waals surface area (Å²) in [6.07, 6.45) is 2.33. The molecule has 0 spiro atoms. The van der Waals surface area contributed by atoms with E-state index in [1.54, 1.807) is 0 Å². The fourth-order valence-electron chi connectivity index (χ4n) is 1.27. The largest absolute Gasteiger partial charge is 1.00 e. The number of hydrogen-bond donors (Lipinski definition) is 2. The molecule has 0 radical (unpaired) electrons. The number of aromatic amines is 1. The van der Waals surface area contributed by atoms with E-state index in [9.17, 15) is 14.9 Å². The maximum absolute atomic E-state index is 10.7. The zero-order valence-electron chi connectivity index (χ0n) is 11.3. The van der Waals surface area contributed by atoms with Crippen LogP contribution in [0.15, 0.2) is 18.5 Å². The van der Waals surface area contributed by atoms with E-state index in [1.807, 2.05) is 0 Å². The maximum atomic E-state index is 10.7. The molecule has 2 rings (SSSR count). The van der Waals surface area contributed by atoms with Crippen molar-refractivity contribution in [3.8, 4) is 0 Å². The van der Waals surface area contributed by atoms with Crippen LogP contribution >= 0.6 is 0 Å². The smallest absolute Gasteiger partial charge is 1.00 e.